The van der Waals surface area contributed by atoms with Gasteiger partial charge in [0.05, 0.1) is 6.54 Å². The van der Waals surface area contributed by atoms with Gasteiger partial charge < -0.3 is 20.6 Å². The minimum absolute atomic E-state index is 0.160. The number of hydrogen-bond donors (Lipinski definition) is 2. The van der Waals surface area contributed by atoms with Crippen molar-refractivity contribution in [1.29, 1.82) is 0 Å². The standard InChI is InChI=1S/C19H22ClFN4O/c20-17-4-2-1-3-16(17)18(26)13-23-19(22)25-11-9-24(10-12-25)15-7-5-14(21)6-8-15/h1-8,18,26H,9-13H2,(H2,22,23). The number of halogens is 2. The average Bonchev–Trinajstić information content (AvgIpc) is 2.67. The van der Waals surface area contributed by atoms with E-state index in [9.17, 15) is 9.50 Å². The molecular formula is C19H22ClFN4O. The van der Waals surface area contributed by atoms with E-state index in [-0.39, 0.29) is 12.4 Å². The lowest BCUT2D eigenvalue weighted by molar-refractivity contribution is 0.186. The molecule has 0 spiro atoms. The summed E-state index contributed by atoms with van der Waals surface area (Å²) in [7, 11) is 0. The number of guanidine groups is 1. The summed E-state index contributed by atoms with van der Waals surface area (Å²) in [6.07, 6.45) is -0.789. The van der Waals surface area contributed by atoms with Crippen molar-refractivity contribution < 1.29 is 9.50 Å². The highest BCUT2D eigenvalue weighted by Gasteiger charge is 2.19. The summed E-state index contributed by atoms with van der Waals surface area (Å²) >= 11 is 6.09. The van der Waals surface area contributed by atoms with Gasteiger partial charge in [-0.2, -0.15) is 0 Å². The average molecular weight is 377 g/mol. The predicted molar refractivity (Wildman–Crippen MR) is 103 cm³/mol. The molecule has 1 aliphatic rings. The maximum atomic E-state index is 13.0. The summed E-state index contributed by atoms with van der Waals surface area (Å²) < 4.78 is 13.0. The Morgan fingerprint density at radius 3 is 2.42 bits per heavy atom. The summed E-state index contributed by atoms with van der Waals surface area (Å²) in [5, 5.41) is 10.8. The van der Waals surface area contributed by atoms with Crippen molar-refractivity contribution in [2.24, 2.45) is 10.7 Å². The summed E-state index contributed by atoms with van der Waals surface area (Å²) in [5.41, 5.74) is 7.72. The van der Waals surface area contributed by atoms with Crippen LogP contribution < -0.4 is 10.6 Å². The molecule has 138 valence electrons. The van der Waals surface area contributed by atoms with Crippen LogP contribution in [0.1, 0.15) is 11.7 Å². The Kier molecular flexibility index (Phi) is 5.96. The Morgan fingerprint density at radius 1 is 1.12 bits per heavy atom. The normalized spacial score (nSPS) is 16.7. The van der Waals surface area contributed by atoms with E-state index in [4.69, 9.17) is 17.3 Å². The molecular weight excluding hydrogens is 355 g/mol. The van der Waals surface area contributed by atoms with Crippen LogP contribution in [0.5, 0.6) is 0 Å². The predicted octanol–water partition coefficient (Wildman–Crippen LogP) is 2.65. The number of nitrogens with two attached hydrogens (primary N) is 1. The first-order valence-electron chi connectivity index (χ1n) is 8.52. The number of aliphatic hydroxyl groups is 1. The van der Waals surface area contributed by atoms with E-state index in [1.54, 1.807) is 24.3 Å². The van der Waals surface area contributed by atoms with Crippen LogP contribution in [-0.2, 0) is 0 Å². The molecule has 1 heterocycles. The first-order chi connectivity index (χ1) is 12.5. The van der Waals surface area contributed by atoms with Gasteiger partial charge in [-0.1, -0.05) is 29.8 Å². The number of rotatable bonds is 4. The highest BCUT2D eigenvalue weighted by molar-refractivity contribution is 6.31. The van der Waals surface area contributed by atoms with Crippen molar-refractivity contribution in [3.63, 3.8) is 0 Å². The molecule has 0 radical (unpaired) electrons. The van der Waals surface area contributed by atoms with E-state index < -0.39 is 6.10 Å². The number of aliphatic hydroxyl groups excluding tert-OH is 1. The summed E-state index contributed by atoms with van der Waals surface area (Å²) in [6, 6.07) is 13.6. The fraction of sp³-hybridized carbons (Fsp3) is 0.316. The molecule has 1 atom stereocenters. The molecule has 0 aromatic heterocycles. The van der Waals surface area contributed by atoms with E-state index >= 15 is 0 Å². The Morgan fingerprint density at radius 2 is 1.77 bits per heavy atom. The fourth-order valence-corrected chi connectivity index (χ4v) is 3.23. The van der Waals surface area contributed by atoms with Gasteiger partial charge in [0.2, 0.25) is 0 Å². The first-order valence-corrected chi connectivity index (χ1v) is 8.90. The molecule has 2 aromatic rings. The van der Waals surface area contributed by atoms with Crippen molar-refractivity contribution in [2.75, 3.05) is 37.6 Å². The SMILES string of the molecule is NC(=NCC(O)c1ccccc1Cl)N1CCN(c2ccc(F)cc2)CC1. The third-order valence-electron chi connectivity index (χ3n) is 4.49. The summed E-state index contributed by atoms with van der Waals surface area (Å²) in [4.78, 5) is 8.49. The van der Waals surface area contributed by atoms with Crippen molar-refractivity contribution in [1.82, 2.24) is 4.90 Å². The number of nitrogens with zero attached hydrogens (tertiary/aromatic N) is 3. The number of hydrogen-bond acceptors (Lipinski definition) is 3. The quantitative estimate of drug-likeness (QED) is 0.636. The second-order valence-electron chi connectivity index (χ2n) is 6.19. The molecule has 0 aliphatic carbocycles. The van der Waals surface area contributed by atoms with Gasteiger partial charge in [-0.05, 0) is 30.3 Å². The monoisotopic (exact) mass is 376 g/mol. The molecule has 0 saturated carbocycles. The van der Waals surface area contributed by atoms with E-state index in [0.717, 1.165) is 31.9 Å². The number of aliphatic imine (C=N–C) groups is 1. The topological polar surface area (TPSA) is 65.1 Å². The molecule has 1 fully saturated rings. The van der Waals surface area contributed by atoms with Crippen LogP contribution in [0, 0.1) is 5.82 Å². The van der Waals surface area contributed by atoms with Crippen molar-refractivity contribution in [2.45, 2.75) is 6.10 Å². The lowest BCUT2D eigenvalue weighted by Crippen LogP contribution is -2.51. The van der Waals surface area contributed by atoms with Crippen molar-refractivity contribution in [3.8, 4) is 0 Å². The van der Waals surface area contributed by atoms with Crippen LogP contribution in [0.3, 0.4) is 0 Å². The summed E-state index contributed by atoms with van der Waals surface area (Å²) in [5.74, 6) is 0.177. The van der Waals surface area contributed by atoms with E-state index in [1.165, 1.54) is 12.1 Å². The van der Waals surface area contributed by atoms with Crippen LogP contribution in [-0.4, -0.2) is 48.7 Å². The van der Waals surface area contributed by atoms with Gasteiger partial charge in [-0.3, -0.25) is 4.99 Å². The number of piperazine rings is 1. The van der Waals surface area contributed by atoms with Crippen LogP contribution in [0.15, 0.2) is 53.5 Å². The molecule has 5 nitrogen and oxygen atoms in total. The zero-order chi connectivity index (χ0) is 18.5. The van der Waals surface area contributed by atoms with Gasteiger partial charge >= 0.3 is 0 Å². The minimum Gasteiger partial charge on any atom is -0.386 e. The van der Waals surface area contributed by atoms with Gasteiger partial charge in [-0.15, -0.1) is 0 Å². The van der Waals surface area contributed by atoms with E-state index in [2.05, 4.69) is 9.89 Å². The Bertz CT molecular complexity index is 760. The molecule has 1 aliphatic heterocycles. The molecule has 2 aromatic carbocycles. The lowest BCUT2D eigenvalue weighted by Gasteiger charge is -2.36. The maximum absolute atomic E-state index is 13.0. The molecule has 3 N–H and O–H groups in total. The van der Waals surface area contributed by atoms with Crippen molar-refractivity contribution >= 4 is 23.2 Å². The molecule has 3 rings (SSSR count). The van der Waals surface area contributed by atoms with Gasteiger partial charge in [-0.25, -0.2) is 4.39 Å². The van der Waals surface area contributed by atoms with Crippen LogP contribution in [0.4, 0.5) is 10.1 Å². The molecule has 0 bridgehead atoms. The lowest BCUT2D eigenvalue weighted by atomic mass is 10.1. The molecule has 26 heavy (non-hydrogen) atoms. The molecule has 0 amide bonds. The van der Waals surface area contributed by atoms with Gasteiger partial charge in [0.25, 0.3) is 0 Å². The fourth-order valence-electron chi connectivity index (χ4n) is 2.97. The highest BCUT2D eigenvalue weighted by Crippen LogP contribution is 2.22. The van der Waals surface area contributed by atoms with Crippen LogP contribution in [0.2, 0.25) is 5.02 Å². The van der Waals surface area contributed by atoms with Crippen LogP contribution in [0.25, 0.3) is 0 Å². The number of anilines is 1. The summed E-state index contributed by atoms with van der Waals surface area (Å²) in [6.45, 7) is 3.14. The smallest absolute Gasteiger partial charge is 0.191 e. The molecule has 1 saturated heterocycles. The maximum Gasteiger partial charge on any atom is 0.191 e. The largest absolute Gasteiger partial charge is 0.386 e. The molecule has 1 unspecified atom stereocenters. The number of benzene rings is 2. The van der Waals surface area contributed by atoms with E-state index in [0.29, 0.717) is 16.5 Å². The van der Waals surface area contributed by atoms with Gasteiger partial charge in [0.1, 0.15) is 11.9 Å². The zero-order valence-corrected chi connectivity index (χ0v) is 15.1. The van der Waals surface area contributed by atoms with E-state index in [1.807, 2.05) is 17.0 Å². The van der Waals surface area contributed by atoms with Gasteiger partial charge in [0, 0.05) is 42.5 Å². The highest BCUT2D eigenvalue weighted by atomic mass is 35.5. The van der Waals surface area contributed by atoms with Crippen molar-refractivity contribution in [3.05, 3.63) is 64.9 Å². The zero-order valence-electron chi connectivity index (χ0n) is 14.4. The first kappa shape index (κ1) is 18.5. The third-order valence-corrected chi connectivity index (χ3v) is 4.83. The Balaban J connectivity index is 1.54. The molecule has 7 heteroatoms. The van der Waals surface area contributed by atoms with Crippen LogP contribution >= 0.6 is 11.6 Å². The minimum atomic E-state index is -0.789. The van der Waals surface area contributed by atoms with Gasteiger partial charge in [0.15, 0.2) is 5.96 Å². The Labute approximate surface area is 157 Å². The Hall–Kier alpha value is -2.31. The second-order valence-corrected chi connectivity index (χ2v) is 6.59. The second kappa shape index (κ2) is 8.38. The third kappa shape index (κ3) is 4.45.